The second-order valence-electron chi connectivity index (χ2n) is 4.96. The Bertz CT molecular complexity index is 369. The van der Waals surface area contributed by atoms with Gasteiger partial charge >= 0.3 is 12.0 Å². The number of urea groups is 1. The summed E-state index contributed by atoms with van der Waals surface area (Å²) in [6, 6.07) is -1.42. The van der Waals surface area contributed by atoms with E-state index in [2.05, 4.69) is 5.32 Å². The van der Waals surface area contributed by atoms with Crippen molar-refractivity contribution < 1.29 is 19.5 Å². The van der Waals surface area contributed by atoms with E-state index in [1.54, 1.807) is 18.7 Å². The van der Waals surface area contributed by atoms with Crippen molar-refractivity contribution in [3.8, 4) is 0 Å². The number of likely N-dealkylation sites (N-methyl/N-ethyl adjacent to an activating group) is 1. The van der Waals surface area contributed by atoms with Gasteiger partial charge in [0.05, 0.1) is 0 Å². The van der Waals surface area contributed by atoms with E-state index in [-0.39, 0.29) is 18.5 Å². The van der Waals surface area contributed by atoms with E-state index >= 15 is 0 Å². The smallest absolute Gasteiger partial charge is 0.323 e. The molecular formula is C14H27N3O4. The Morgan fingerprint density at radius 2 is 1.62 bits per heavy atom. The predicted octanol–water partition coefficient (Wildman–Crippen LogP) is 1.14. The Morgan fingerprint density at radius 3 is 2.00 bits per heavy atom. The molecule has 0 saturated heterocycles. The molecule has 21 heavy (non-hydrogen) atoms. The number of carboxylic acids is 1. The van der Waals surface area contributed by atoms with Crippen molar-refractivity contribution in [1.29, 1.82) is 0 Å². The molecule has 0 aliphatic carbocycles. The Kier molecular flexibility index (Phi) is 8.42. The first-order chi connectivity index (χ1) is 9.78. The van der Waals surface area contributed by atoms with Crippen LogP contribution in [0.3, 0.4) is 0 Å². The molecule has 0 rings (SSSR count). The summed E-state index contributed by atoms with van der Waals surface area (Å²) < 4.78 is 0. The number of nitrogens with zero attached hydrogens (tertiary/aromatic N) is 2. The summed E-state index contributed by atoms with van der Waals surface area (Å²) in [5, 5.41) is 11.5. The molecule has 0 spiro atoms. The van der Waals surface area contributed by atoms with E-state index in [9.17, 15) is 14.4 Å². The van der Waals surface area contributed by atoms with Gasteiger partial charge in [-0.05, 0) is 34.1 Å². The molecule has 0 aromatic heterocycles. The van der Waals surface area contributed by atoms with Gasteiger partial charge in [0.1, 0.15) is 12.6 Å². The second-order valence-corrected chi connectivity index (χ2v) is 4.96. The standard InChI is InChI=1S/C14H27N3O4/c1-6-10(4)17(9-12(18)19)14(21)15-11(5)13(20)16(7-2)8-3/h10-11H,6-9H2,1-5H3,(H,15,21)(H,18,19). The molecule has 0 radical (unpaired) electrons. The quantitative estimate of drug-likeness (QED) is 0.703. The van der Waals surface area contributed by atoms with Crippen molar-refractivity contribution in [3.05, 3.63) is 0 Å². The van der Waals surface area contributed by atoms with Gasteiger partial charge in [0, 0.05) is 19.1 Å². The maximum atomic E-state index is 12.2. The number of hydrogen-bond acceptors (Lipinski definition) is 3. The van der Waals surface area contributed by atoms with Crippen LogP contribution in [-0.4, -0.2) is 64.5 Å². The SMILES string of the molecule is CCC(C)N(CC(=O)O)C(=O)NC(C)C(=O)N(CC)CC. The molecule has 0 fully saturated rings. The molecule has 0 aliphatic rings. The minimum Gasteiger partial charge on any atom is -0.480 e. The van der Waals surface area contributed by atoms with Gasteiger partial charge in [-0.15, -0.1) is 0 Å². The van der Waals surface area contributed by atoms with Gasteiger partial charge in [-0.25, -0.2) is 4.79 Å². The number of aliphatic carboxylic acids is 1. The largest absolute Gasteiger partial charge is 0.480 e. The zero-order valence-corrected chi connectivity index (χ0v) is 13.5. The van der Waals surface area contributed by atoms with Crippen molar-refractivity contribution in [2.75, 3.05) is 19.6 Å². The molecule has 2 atom stereocenters. The summed E-state index contributed by atoms with van der Waals surface area (Å²) >= 11 is 0. The molecule has 3 amide bonds. The lowest BCUT2D eigenvalue weighted by Gasteiger charge is -2.30. The van der Waals surface area contributed by atoms with E-state index in [4.69, 9.17) is 5.11 Å². The van der Waals surface area contributed by atoms with Crippen LogP contribution in [0.5, 0.6) is 0 Å². The maximum Gasteiger partial charge on any atom is 0.323 e. The fraction of sp³-hybridized carbons (Fsp3) is 0.786. The average Bonchev–Trinajstić information content (AvgIpc) is 2.44. The zero-order chi connectivity index (χ0) is 16.6. The monoisotopic (exact) mass is 301 g/mol. The summed E-state index contributed by atoms with van der Waals surface area (Å²) in [6.45, 7) is 9.75. The van der Waals surface area contributed by atoms with Gasteiger partial charge < -0.3 is 20.2 Å². The molecule has 7 nitrogen and oxygen atoms in total. The highest BCUT2D eigenvalue weighted by molar-refractivity contribution is 5.88. The Hall–Kier alpha value is -1.79. The van der Waals surface area contributed by atoms with Crippen molar-refractivity contribution in [2.45, 2.75) is 53.1 Å². The molecular weight excluding hydrogens is 274 g/mol. The van der Waals surface area contributed by atoms with Crippen molar-refractivity contribution in [1.82, 2.24) is 15.1 Å². The third kappa shape index (κ3) is 6.01. The maximum absolute atomic E-state index is 12.2. The number of nitrogens with one attached hydrogen (secondary N) is 1. The van der Waals surface area contributed by atoms with E-state index < -0.39 is 18.0 Å². The Balaban J connectivity index is 4.81. The molecule has 0 heterocycles. The molecule has 0 aromatic carbocycles. The Labute approximate surface area is 126 Å². The number of amides is 3. The van der Waals surface area contributed by atoms with Crippen LogP contribution in [-0.2, 0) is 9.59 Å². The molecule has 0 bridgehead atoms. The third-order valence-corrected chi connectivity index (χ3v) is 3.47. The van der Waals surface area contributed by atoms with E-state index in [1.807, 2.05) is 20.8 Å². The van der Waals surface area contributed by atoms with E-state index in [1.165, 1.54) is 4.90 Å². The van der Waals surface area contributed by atoms with Crippen LogP contribution < -0.4 is 5.32 Å². The lowest BCUT2D eigenvalue weighted by molar-refractivity contribution is -0.138. The van der Waals surface area contributed by atoms with Gasteiger partial charge in [-0.1, -0.05) is 6.92 Å². The van der Waals surface area contributed by atoms with Crippen LogP contribution in [0.25, 0.3) is 0 Å². The van der Waals surface area contributed by atoms with Gasteiger partial charge in [0.25, 0.3) is 0 Å². The van der Waals surface area contributed by atoms with E-state index in [0.717, 1.165) is 0 Å². The topological polar surface area (TPSA) is 90.0 Å². The average molecular weight is 301 g/mol. The fourth-order valence-electron chi connectivity index (χ4n) is 1.93. The lowest BCUT2D eigenvalue weighted by Crippen LogP contribution is -2.53. The van der Waals surface area contributed by atoms with Crippen molar-refractivity contribution in [2.24, 2.45) is 0 Å². The van der Waals surface area contributed by atoms with Crippen LogP contribution in [0.4, 0.5) is 4.79 Å². The first kappa shape index (κ1) is 19.2. The lowest BCUT2D eigenvalue weighted by atomic mass is 10.2. The van der Waals surface area contributed by atoms with Crippen molar-refractivity contribution in [3.63, 3.8) is 0 Å². The van der Waals surface area contributed by atoms with Crippen LogP contribution in [0.1, 0.15) is 41.0 Å². The summed E-state index contributed by atoms with van der Waals surface area (Å²) in [6.07, 6.45) is 0.638. The van der Waals surface area contributed by atoms with Crippen LogP contribution in [0.15, 0.2) is 0 Å². The number of rotatable bonds is 8. The minimum absolute atomic E-state index is 0.173. The summed E-state index contributed by atoms with van der Waals surface area (Å²) in [4.78, 5) is 38.0. The van der Waals surface area contributed by atoms with Gasteiger partial charge in [0.2, 0.25) is 5.91 Å². The first-order valence-electron chi connectivity index (χ1n) is 7.36. The third-order valence-electron chi connectivity index (χ3n) is 3.47. The molecule has 2 N–H and O–H groups in total. The minimum atomic E-state index is -1.08. The molecule has 0 aromatic rings. The van der Waals surface area contributed by atoms with Crippen LogP contribution in [0.2, 0.25) is 0 Å². The number of hydrogen-bond donors (Lipinski definition) is 2. The highest BCUT2D eigenvalue weighted by atomic mass is 16.4. The van der Waals surface area contributed by atoms with Crippen molar-refractivity contribution >= 4 is 17.9 Å². The van der Waals surface area contributed by atoms with Gasteiger partial charge in [0.15, 0.2) is 0 Å². The molecule has 122 valence electrons. The zero-order valence-electron chi connectivity index (χ0n) is 13.5. The fourth-order valence-corrected chi connectivity index (χ4v) is 1.93. The van der Waals surface area contributed by atoms with Crippen LogP contribution in [0, 0.1) is 0 Å². The molecule has 2 unspecified atom stereocenters. The summed E-state index contributed by atoms with van der Waals surface area (Å²) in [7, 11) is 0. The number of carbonyl (C=O) groups excluding carboxylic acids is 2. The number of carboxylic acid groups (broad SMARTS) is 1. The highest BCUT2D eigenvalue weighted by Gasteiger charge is 2.26. The van der Waals surface area contributed by atoms with E-state index in [0.29, 0.717) is 19.5 Å². The second kappa shape index (κ2) is 9.20. The molecule has 0 aliphatic heterocycles. The normalized spacial score (nSPS) is 13.2. The van der Waals surface area contributed by atoms with Crippen LogP contribution >= 0.6 is 0 Å². The van der Waals surface area contributed by atoms with Gasteiger partial charge in [-0.2, -0.15) is 0 Å². The summed E-state index contributed by atoms with van der Waals surface area (Å²) in [5.41, 5.74) is 0. The molecule has 7 heteroatoms. The van der Waals surface area contributed by atoms with Gasteiger partial charge in [-0.3, -0.25) is 9.59 Å². The first-order valence-corrected chi connectivity index (χ1v) is 7.36. The molecule has 0 saturated carbocycles. The predicted molar refractivity (Wildman–Crippen MR) is 80.0 cm³/mol. The Morgan fingerprint density at radius 1 is 1.10 bits per heavy atom. The summed E-state index contributed by atoms with van der Waals surface area (Å²) in [5.74, 6) is -1.25. The number of carbonyl (C=O) groups is 3. The highest BCUT2D eigenvalue weighted by Crippen LogP contribution is 2.05.